The Balaban J connectivity index is 2.20. The summed E-state index contributed by atoms with van der Waals surface area (Å²) in [6.07, 6.45) is 3.70. The molecule has 0 aromatic heterocycles. The summed E-state index contributed by atoms with van der Waals surface area (Å²) in [4.78, 5) is 14.6. The van der Waals surface area contributed by atoms with E-state index >= 15 is 0 Å². The third kappa shape index (κ3) is 3.37. The normalized spacial score (nSPS) is 19.3. The summed E-state index contributed by atoms with van der Waals surface area (Å²) >= 11 is 2.17. The number of nitrogens with zero attached hydrogens (tertiary/aromatic N) is 2. The third-order valence-electron chi connectivity index (χ3n) is 5.10. The molecule has 0 unspecified atom stereocenters. The van der Waals surface area contributed by atoms with Gasteiger partial charge in [-0.15, -0.1) is 0 Å². The standard InChI is InChI=1S/C21H22IN3O3/c1-4-8-28-20-14(22)9-12(10-17(20)27-3)18-13(11-23)21(24)25(2)15-6-5-7-16(26)19(15)18/h4,9-10,18H,1,5-8,24H2,2-3H3/t18-/m1/s1. The molecule has 6 nitrogen and oxygen atoms in total. The number of hydrogen-bond acceptors (Lipinski definition) is 6. The molecule has 1 aromatic rings. The number of methoxy groups -OCH3 is 1. The molecule has 3 rings (SSSR count). The highest BCUT2D eigenvalue weighted by Gasteiger charge is 2.39. The van der Waals surface area contributed by atoms with E-state index in [0.29, 0.717) is 41.5 Å². The minimum atomic E-state index is -0.500. The molecule has 1 aliphatic carbocycles. The van der Waals surface area contributed by atoms with Gasteiger partial charge in [0, 0.05) is 24.7 Å². The SMILES string of the molecule is C=CCOc1c(I)cc([C@@H]2C(C#N)=C(N)N(C)C3=C2C(=O)CCC3)cc1OC. The van der Waals surface area contributed by atoms with E-state index in [2.05, 4.69) is 35.2 Å². The molecule has 28 heavy (non-hydrogen) atoms. The monoisotopic (exact) mass is 491 g/mol. The zero-order chi connectivity index (χ0) is 20.4. The van der Waals surface area contributed by atoms with Crippen LogP contribution in [0, 0.1) is 14.9 Å². The first kappa shape index (κ1) is 20.3. The van der Waals surface area contributed by atoms with Gasteiger partial charge in [-0.25, -0.2) is 0 Å². The largest absolute Gasteiger partial charge is 0.493 e. The lowest BCUT2D eigenvalue weighted by molar-refractivity contribution is -0.116. The van der Waals surface area contributed by atoms with Crippen molar-refractivity contribution in [3.8, 4) is 17.6 Å². The van der Waals surface area contributed by atoms with Crippen molar-refractivity contribution < 1.29 is 14.3 Å². The Hall–Kier alpha value is -2.47. The Morgan fingerprint density at radius 1 is 1.46 bits per heavy atom. The van der Waals surface area contributed by atoms with E-state index in [-0.39, 0.29) is 5.78 Å². The number of nitriles is 1. The average Bonchev–Trinajstić information content (AvgIpc) is 2.69. The van der Waals surface area contributed by atoms with Crippen LogP contribution in [0.2, 0.25) is 0 Å². The van der Waals surface area contributed by atoms with E-state index in [1.807, 2.05) is 19.2 Å². The van der Waals surface area contributed by atoms with Crippen LogP contribution in [0.15, 0.2) is 47.5 Å². The van der Waals surface area contributed by atoms with Crippen LogP contribution in [-0.4, -0.2) is 31.4 Å². The van der Waals surface area contributed by atoms with E-state index < -0.39 is 5.92 Å². The Morgan fingerprint density at radius 2 is 2.21 bits per heavy atom. The van der Waals surface area contributed by atoms with Gasteiger partial charge in [0.1, 0.15) is 12.4 Å². The summed E-state index contributed by atoms with van der Waals surface area (Å²) in [5.41, 5.74) is 9.03. The molecule has 0 saturated carbocycles. The molecule has 2 N–H and O–H groups in total. The number of nitrogens with two attached hydrogens (primary N) is 1. The van der Waals surface area contributed by atoms with Crippen LogP contribution in [0.4, 0.5) is 0 Å². The van der Waals surface area contributed by atoms with E-state index in [9.17, 15) is 10.1 Å². The molecule has 1 aliphatic heterocycles. The van der Waals surface area contributed by atoms with Crippen LogP contribution in [0.1, 0.15) is 30.7 Å². The molecular weight excluding hydrogens is 469 g/mol. The number of hydrogen-bond donors (Lipinski definition) is 1. The number of carbonyl (C=O) groups is 1. The van der Waals surface area contributed by atoms with Crippen LogP contribution in [0.25, 0.3) is 0 Å². The Kier molecular flexibility index (Phi) is 5.98. The van der Waals surface area contributed by atoms with Gasteiger partial charge in [0.15, 0.2) is 17.3 Å². The fraction of sp³-hybridized carbons (Fsp3) is 0.333. The molecule has 146 valence electrons. The highest BCUT2D eigenvalue weighted by atomic mass is 127. The summed E-state index contributed by atoms with van der Waals surface area (Å²) in [7, 11) is 3.38. The van der Waals surface area contributed by atoms with E-state index in [1.165, 1.54) is 0 Å². The number of ketones is 1. The van der Waals surface area contributed by atoms with Gasteiger partial charge in [0.25, 0.3) is 0 Å². The van der Waals surface area contributed by atoms with Crippen molar-refractivity contribution in [1.29, 1.82) is 5.26 Å². The van der Waals surface area contributed by atoms with Crippen molar-refractivity contribution in [2.24, 2.45) is 5.73 Å². The van der Waals surface area contributed by atoms with Crippen molar-refractivity contribution in [1.82, 2.24) is 4.90 Å². The zero-order valence-corrected chi connectivity index (χ0v) is 18.1. The van der Waals surface area contributed by atoms with Crippen molar-refractivity contribution in [2.45, 2.75) is 25.2 Å². The number of Topliss-reactive ketones (excluding diaryl/α,β-unsaturated/α-hetero) is 1. The number of allylic oxidation sites excluding steroid dienone is 3. The molecule has 0 radical (unpaired) electrons. The molecule has 0 bridgehead atoms. The molecular formula is C21H22IN3O3. The van der Waals surface area contributed by atoms with Crippen LogP contribution < -0.4 is 15.2 Å². The summed E-state index contributed by atoms with van der Waals surface area (Å²) in [5, 5.41) is 9.84. The minimum Gasteiger partial charge on any atom is -0.493 e. The van der Waals surface area contributed by atoms with Gasteiger partial charge in [-0.1, -0.05) is 12.7 Å². The maximum absolute atomic E-state index is 12.8. The number of ether oxygens (including phenoxy) is 2. The Bertz CT molecular complexity index is 943. The lowest BCUT2D eigenvalue weighted by atomic mass is 9.76. The van der Waals surface area contributed by atoms with E-state index in [0.717, 1.165) is 27.7 Å². The molecule has 1 aromatic carbocycles. The fourth-order valence-corrected chi connectivity index (χ4v) is 4.57. The number of benzene rings is 1. The molecule has 1 heterocycles. The second-order valence-electron chi connectivity index (χ2n) is 6.67. The van der Waals surface area contributed by atoms with Crippen LogP contribution in [0.5, 0.6) is 11.5 Å². The first-order valence-electron chi connectivity index (χ1n) is 8.95. The van der Waals surface area contributed by atoms with Crippen LogP contribution in [0.3, 0.4) is 0 Å². The predicted octanol–water partition coefficient (Wildman–Crippen LogP) is 3.59. The van der Waals surface area contributed by atoms with Crippen molar-refractivity contribution in [3.63, 3.8) is 0 Å². The van der Waals surface area contributed by atoms with E-state index in [1.54, 1.807) is 18.1 Å². The smallest absolute Gasteiger partial charge is 0.174 e. The summed E-state index contributed by atoms with van der Waals surface area (Å²) in [5.74, 6) is 1.12. The molecule has 1 atom stereocenters. The van der Waals surface area contributed by atoms with Gasteiger partial charge in [0.2, 0.25) is 0 Å². The fourth-order valence-electron chi connectivity index (χ4n) is 3.78. The van der Waals surface area contributed by atoms with Crippen LogP contribution in [-0.2, 0) is 4.79 Å². The van der Waals surface area contributed by atoms with Crippen molar-refractivity contribution >= 4 is 28.4 Å². The third-order valence-corrected chi connectivity index (χ3v) is 5.90. The van der Waals surface area contributed by atoms with E-state index in [4.69, 9.17) is 15.2 Å². The number of halogens is 1. The van der Waals surface area contributed by atoms with Crippen LogP contribution >= 0.6 is 22.6 Å². The predicted molar refractivity (Wildman–Crippen MR) is 115 cm³/mol. The second-order valence-corrected chi connectivity index (χ2v) is 7.84. The van der Waals surface area contributed by atoms with Crippen molar-refractivity contribution in [3.05, 3.63) is 56.6 Å². The molecule has 0 saturated heterocycles. The summed E-state index contributed by atoms with van der Waals surface area (Å²) < 4.78 is 12.1. The molecule has 2 aliphatic rings. The Morgan fingerprint density at radius 3 is 2.86 bits per heavy atom. The zero-order valence-electron chi connectivity index (χ0n) is 15.9. The first-order valence-corrected chi connectivity index (χ1v) is 10.0. The lowest BCUT2D eigenvalue weighted by Gasteiger charge is -2.37. The van der Waals surface area contributed by atoms with Gasteiger partial charge in [-0.05, 0) is 53.1 Å². The maximum atomic E-state index is 12.8. The Labute approximate surface area is 178 Å². The maximum Gasteiger partial charge on any atom is 0.174 e. The van der Waals surface area contributed by atoms with Gasteiger partial charge < -0.3 is 20.1 Å². The molecule has 0 spiro atoms. The quantitative estimate of drug-likeness (QED) is 0.501. The summed E-state index contributed by atoms with van der Waals surface area (Å²) in [6, 6.07) is 5.98. The highest BCUT2D eigenvalue weighted by Crippen LogP contribution is 2.46. The highest BCUT2D eigenvalue weighted by molar-refractivity contribution is 14.1. The summed E-state index contributed by atoms with van der Waals surface area (Å²) in [6.45, 7) is 4.02. The molecule has 0 amide bonds. The topological polar surface area (TPSA) is 88.6 Å². The van der Waals surface area contributed by atoms with Gasteiger partial charge in [-0.2, -0.15) is 5.26 Å². The van der Waals surface area contributed by atoms with Gasteiger partial charge in [0.05, 0.1) is 28.2 Å². The minimum absolute atomic E-state index is 0.0688. The van der Waals surface area contributed by atoms with Gasteiger partial charge >= 0.3 is 0 Å². The molecule has 0 fully saturated rings. The van der Waals surface area contributed by atoms with Gasteiger partial charge in [-0.3, -0.25) is 4.79 Å². The van der Waals surface area contributed by atoms with Crippen molar-refractivity contribution in [2.75, 3.05) is 20.8 Å². The first-order chi connectivity index (χ1) is 13.4. The average molecular weight is 491 g/mol. The molecule has 7 heteroatoms. The number of carbonyl (C=O) groups excluding carboxylic acids is 1. The lowest BCUT2D eigenvalue weighted by Crippen LogP contribution is -2.36. The second kappa shape index (κ2) is 8.27. The number of rotatable bonds is 5.